The molecule has 2 heterocycles. The van der Waals surface area contributed by atoms with Crippen LogP contribution in [0.1, 0.15) is 23.5 Å². The summed E-state index contributed by atoms with van der Waals surface area (Å²) in [4.78, 5) is 20.9. The van der Waals surface area contributed by atoms with E-state index in [2.05, 4.69) is 20.0 Å². The number of carbonyl (C=O) groups is 1. The Kier molecular flexibility index (Phi) is 7.08. The number of thiazole rings is 1. The van der Waals surface area contributed by atoms with Crippen molar-refractivity contribution in [2.45, 2.75) is 19.6 Å². The number of benzene rings is 1. The van der Waals surface area contributed by atoms with Crippen LogP contribution in [0.5, 0.6) is 11.5 Å². The standard InChI is InChI=1S/C21H19F2N3O3S/c1-13(20-26-16(12-30-20)15-4-3-9-24-11-15)25-19(27)8-6-14-5-7-17(29-21(22)23)18(10-14)28-2/h3-13,21H,1-2H3,(H,25,27). The summed E-state index contributed by atoms with van der Waals surface area (Å²) in [6, 6.07) is 7.89. The Hall–Kier alpha value is -3.33. The number of pyridine rings is 1. The van der Waals surface area contributed by atoms with Crippen molar-refractivity contribution in [3.63, 3.8) is 0 Å². The zero-order chi connectivity index (χ0) is 21.5. The Bertz CT molecular complexity index is 1030. The van der Waals surface area contributed by atoms with Crippen molar-refractivity contribution in [1.82, 2.24) is 15.3 Å². The molecule has 0 saturated carbocycles. The van der Waals surface area contributed by atoms with E-state index in [-0.39, 0.29) is 23.4 Å². The molecule has 1 aromatic carbocycles. The Morgan fingerprint density at radius 3 is 2.80 bits per heavy atom. The van der Waals surface area contributed by atoms with Crippen molar-refractivity contribution in [1.29, 1.82) is 0 Å². The minimum Gasteiger partial charge on any atom is -0.493 e. The lowest BCUT2D eigenvalue weighted by atomic mass is 10.2. The summed E-state index contributed by atoms with van der Waals surface area (Å²) in [7, 11) is 1.35. The summed E-state index contributed by atoms with van der Waals surface area (Å²) in [5.41, 5.74) is 2.31. The minimum atomic E-state index is -2.95. The van der Waals surface area contributed by atoms with E-state index in [0.29, 0.717) is 5.56 Å². The molecule has 2 aromatic heterocycles. The first-order valence-corrected chi connectivity index (χ1v) is 9.81. The van der Waals surface area contributed by atoms with Gasteiger partial charge in [0.25, 0.3) is 0 Å². The van der Waals surface area contributed by atoms with Gasteiger partial charge < -0.3 is 14.8 Å². The number of nitrogens with one attached hydrogen (secondary N) is 1. The first-order chi connectivity index (χ1) is 14.5. The molecule has 0 aliphatic carbocycles. The molecule has 1 unspecified atom stereocenters. The van der Waals surface area contributed by atoms with E-state index >= 15 is 0 Å². The van der Waals surface area contributed by atoms with Gasteiger partial charge in [-0.2, -0.15) is 8.78 Å². The van der Waals surface area contributed by atoms with Crippen molar-refractivity contribution >= 4 is 23.3 Å². The van der Waals surface area contributed by atoms with Crippen LogP contribution >= 0.6 is 11.3 Å². The maximum atomic E-state index is 12.4. The SMILES string of the molecule is COc1cc(C=CC(=O)NC(C)c2nc(-c3cccnc3)cs2)ccc1OC(F)F. The molecule has 0 bridgehead atoms. The molecule has 1 amide bonds. The fraction of sp³-hybridized carbons (Fsp3) is 0.190. The van der Waals surface area contributed by atoms with Crippen molar-refractivity contribution in [2.24, 2.45) is 0 Å². The van der Waals surface area contributed by atoms with Crippen LogP contribution in [0.25, 0.3) is 17.3 Å². The minimum absolute atomic E-state index is 0.0732. The van der Waals surface area contributed by atoms with E-state index in [1.165, 1.54) is 36.7 Å². The number of alkyl halides is 2. The third-order valence-electron chi connectivity index (χ3n) is 4.04. The molecule has 0 saturated heterocycles. The molecule has 0 spiro atoms. The lowest BCUT2D eigenvalue weighted by Gasteiger charge is -2.10. The number of amides is 1. The van der Waals surface area contributed by atoms with E-state index < -0.39 is 6.61 Å². The smallest absolute Gasteiger partial charge is 0.387 e. The van der Waals surface area contributed by atoms with Crippen molar-refractivity contribution in [3.05, 3.63) is 64.8 Å². The third-order valence-corrected chi connectivity index (χ3v) is 5.07. The molecule has 0 aliphatic rings. The van der Waals surface area contributed by atoms with Crippen molar-refractivity contribution < 1.29 is 23.0 Å². The van der Waals surface area contributed by atoms with Crippen LogP contribution in [0.15, 0.2) is 54.2 Å². The summed E-state index contributed by atoms with van der Waals surface area (Å²) in [5.74, 6) is -0.236. The fourth-order valence-corrected chi connectivity index (χ4v) is 3.44. The second kappa shape index (κ2) is 9.93. The third kappa shape index (κ3) is 5.60. The van der Waals surface area contributed by atoms with Gasteiger partial charge in [0.15, 0.2) is 11.5 Å². The van der Waals surface area contributed by atoms with Gasteiger partial charge in [0.1, 0.15) is 5.01 Å². The first-order valence-electron chi connectivity index (χ1n) is 8.93. The quantitative estimate of drug-likeness (QED) is 0.523. The Balaban J connectivity index is 1.62. The number of rotatable bonds is 8. The van der Waals surface area contributed by atoms with Gasteiger partial charge in [-0.05, 0) is 42.8 Å². The van der Waals surface area contributed by atoms with Crippen LogP contribution in [-0.2, 0) is 4.79 Å². The van der Waals surface area contributed by atoms with Crippen LogP contribution in [0.2, 0.25) is 0 Å². The van der Waals surface area contributed by atoms with Crippen LogP contribution in [0.3, 0.4) is 0 Å². The van der Waals surface area contributed by atoms with Gasteiger partial charge in [0.2, 0.25) is 5.91 Å². The van der Waals surface area contributed by atoms with E-state index in [4.69, 9.17) is 4.74 Å². The molecule has 3 rings (SSSR count). The van der Waals surface area contributed by atoms with E-state index in [9.17, 15) is 13.6 Å². The van der Waals surface area contributed by atoms with E-state index in [1.807, 2.05) is 24.4 Å². The molecule has 9 heteroatoms. The average Bonchev–Trinajstić information content (AvgIpc) is 3.24. The summed E-state index contributed by atoms with van der Waals surface area (Å²) < 4.78 is 34.2. The number of carbonyl (C=O) groups excluding carboxylic acids is 1. The van der Waals surface area contributed by atoms with E-state index in [1.54, 1.807) is 24.5 Å². The number of nitrogens with zero attached hydrogens (tertiary/aromatic N) is 2. The number of methoxy groups -OCH3 is 1. The second-order valence-corrected chi connectivity index (χ2v) is 7.05. The van der Waals surface area contributed by atoms with E-state index in [0.717, 1.165) is 16.3 Å². The largest absolute Gasteiger partial charge is 0.493 e. The number of hydrogen-bond donors (Lipinski definition) is 1. The molecule has 30 heavy (non-hydrogen) atoms. The molecule has 0 fully saturated rings. The fourth-order valence-electron chi connectivity index (χ4n) is 2.61. The van der Waals surface area contributed by atoms with Crippen LogP contribution in [0.4, 0.5) is 8.78 Å². The lowest BCUT2D eigenvalue weighted by Crippen LogP contribution is -2.24. The highest BCUT2D eigenvalue weighted by Gasteiger charge is 2.14. The highest BCUT2D eigenvalue weighted by atomic mass is 32.1. The first kappa shape index (κ1) is 21.4. The topological polar surface area (TPSA) is 73.3 Å². The Morgan fingerprint density at radius 1 is 1.27 bits per heavy atom. The predicted molar refractivity (Wildman–Crippen MR) is 111 cm³/mol. The number of hydrogen-bond acceptors (Lipinski definition) is 6. The summed E-state index contributed by atoms with van der Waals surface area (Å²) in [6.45, 7) is -1.10. The zero-order valence-electron chi connectivity index (χ0n) is 16.2. The van der Waals surface area contributed by atoms with Gasteiger partial charge in [-0.1, -0.05) is 6.07 Å². The molecular formula is C21H19F2N3O3S. The molecule has 0 aliphatic heterocycles. The summed E-state index contributed by atoms with van der Waals surface area (Å²) >= 11 is 1.45. The number of aromatic nitrogens is 2. The van der Waals surface area contributed by atoms with Crippen molar-refractivity contribution in [3.8, 4) is 22.8 Å². The maximum Gasteiger partial charge on any atom is 0.387 e. The highest BCUT2D eigenvalue weighted by Crippen LogP contribution is 2.30. The van der Waals surface area contributed by atoms with Gasteiger partial charge >= 0.3 is 6.61 Å². The van der Waals surface area contributed by atoms with Gasteiger partial charge in [-0.25, -0.2) is 4.98 Å². The molecule has 3 aromatic rings. The molecule has 1 atom stereocenters. The average molecular weight is 431 g/mol. The summed E-state index contributed by atoms with van der Waals surface area (Å²) in [6.07, 6.45) is 6.34. The number of ether oxygens (including phenoxy) is 2. The molecule has 1 N–H and O–H groups in total. The normalized spacial score (nSPS) is 12.2. The van der Waals surface area contributed by atoms with Gasteiger partial charge in [-0.3, -0.25) is 9.78 Å². The lowest BCUT2D eigenvalue weighted by molar-refractivity contribution is -0.117. The predicted octanol–water partition coefficient (Wildman–Crippen LogP) is 4.71. The molecule has 0 radical (unpaired) electrons. The van der Waals surface area contributed by atoms with Crippen LogP contribution < -0.4 is 14.8 Å². The zero-order valence-corrected chi connectivity index (χ0v) is 17.0. The van der Waals surface area contributed by atoms with Gasteiger partial charge in [0.05, 0.1) is 18.8 Å². The monoisotopic (exact) mass is 431 g/mol. The summed E-state index contributed by atoms with van der Waals surface area (Å²) in [5, 5.41) is 5.53. The van der Waals surface area contributed by atoms with Crippen LogP contribution in [0, 0.1) is 0 Å². The second-order valence-electron chi connectivity index (χ2n) is 6.17. The number of halogens is 2. The molecule has 6 nitrogen and oxygen atoms in total. The Morgan fingerprint density at radius 2 is 2.10 bits per heavy atom. The molecule has 156 valence electrons. The molecular weight excluding hydrogens is 412 g/mol. The van der Waals surface area contributed by atoms with Gasteiger partial charge in [0, 0.05) is 29.4 Å². The highest BCUT2D eigenvalue weighted by molar-refractivity contribution is 7.10. The van der Waals surface area contributed by atoms with Crippen LogP contribution in [-0.4, -0.2) is 29.6 Å². The Labute approximate surface area is 176 Å². The van der Waals surface area contributed by atoms with Crippen molar-refractivity contribution in [2.75, 3.05) is 7.11 Å². The van der Waals surface area contributed by atoms with Gasteiger partial charge in [-0.15, -0.1) is 11.3 Å². The maximum absolute atomic E-state index is 12.4.